The standard InChI is InChI=1S/C16H16ClFN2O2/c1-3-19-8-4-5-12(9-15(21)22)20-10-13-14(18)7-6-11(2)16(13)17/h3-9,20H,1,10H2,2H3,(H,21,22)/b5-4-,12-9-,19-8?. The summed E-state index contributed by atoms with van der Waals surface area (Å²) in [6.45, 7) is 5.25. The Kier molecular flexibility index (Phi) is 7.05. The number of carbonyl (C=O) groups is 1. The van der Waals surface area contributed by atoms with Gasteiger partial charge in [0.1, 0.15) is 5.82 Å². The predicted molar refractivity (Wildman–Crippen MR) is 86.5 cm³/mol. The lowest BCUT2D eigenvalue weighted by molar-refractivity contribution is -0.131. The molecule has 0 bridgehead atoms. The molecule has 0 aliphatic carbocycles. The van der Waals surface area contributed by atoms with Gasteiger partial charge in [0.2, 0.25) is 0 Å². The van der Waals surface area contributed by atoms with Gasteiger partial charge in [-0.2, -0.15) is 0 Å². The lowest BCUT2D eigenvalue weighted by Crippen LogP contribution is -2.14. The van der Waals surface area contributed by atoms with E-state index >= 15 is 0 Å². The predicted octanol–water partition coefficient (Wildman–Crippen LogP) is 3.62. The third-order valence-electron chi connectivity index (χ3n) is 2.68. The number of aliphatic imine (C=N–C) groups is 1. The van der Waals surface area contributed by atoms with E-state index in [4.69, 9.17) is 16.7 Å². The average molecular weight is 323 g/mol. The van der Waals surface area contributed by atoms with E-state index in [1.165, 1.54) is 30.6 Å². The summed E-state index contributed by atoms with van der Waals surface area (Å²) in [7, 11) is 0. The zero-order chi connectivity index (χ0) is 16.5. The molecule has 0 unspecified atom stereocenters. The number of carboxylic acid groups (broad SMARTS) is 1. The van der Waals surface area contributed by atoms with E-state index in [0.717, 1.165) is 11.6 Å². The molecule has 4 nitrogen and oxygen atoms in total. The number of carboxylic acids is 1. The van der Waals surface area contributed by atoms with Crippen molar-refractivity contribution < 1.29 is 14.3 Å². The summed E-state index contributed by atoms with van der Waals surface area (Å²) in [6.07, 6.45) is 6.81. The van der Waals surface area contributed by atoms with Gasteiger partial charge in [-0.15, -0.1) is 0 Å². The van der Waals surface area contributed by atoms with Gasteiger partial charge in [0, 0.05) is 36.3 Å². The maximum Gasteiger partial charge on any atom is 0.330 e. The van der Waals surface area contributed by atoms with Crippen LogP contribution in [0.2, 0.25) is 5.02 Å². The van der Waals surface area contributed by atoms with E-state index < -0.39 is 11.8 Å². The molecular formula is C16H16ClFN2O2. The molecule has 0 saturated carbocycles. The number of benzene rings is 1. The van der Waals surface area contributed by atoms with Gasteiger partial charge in [-0.3, -0.25) is 4.99 Å². The SMILES string of the molecule is C=CN=C/C=C\C(=C\C(=O)O)NCc1c(F)ccc(C)c1Cl. The molecule has 1 aromatic carbocycles. The van der Waals surface area contributed by atoms with Gasteiger partial charge >= 0.3 is 5.97 Å². The number of hydrogen-bond acceptors (Lipinski definition) is 3. The number of nitrogens with zero attached hydrogens (tertiary/aromatic N) is 1. The fourth-order valence-corrected chi connectivity index (χ4v) is 1.84. The van der Waals surface area contributed by atoms with Crippen molar-refractivity contribution in [2.45, 2.75) is 13.5 Å². The van der Waals surface area contributed by atoms with E-state index in [9.17, 15) is 9.18 Å². The quantitative estimate of drug-likeness (QED) is 0.458. The third kappa shape index (κ3) is 5.54. The highest BCUT2D eigenvalue weighted by Crippen LogP contribution is 2.23. The Labute approximate surface area is 133 Å². The van der Waals surface area contributed by atoms with Crippen LogP contribution in [0.3, 0.4) is 0 Å². The zero-order valence-electron chi connectivity index (χ0n) is 12.0. The van der Waals surface area contributed by atoms with Crippen LogP contribution in [0.25, 0.3) is 0 Å². The minimum Gasteiger partial charge on any atom is -0.478 e. The first kappa shape index (κ1) is 17.7. The van der Waals surface area contributed by atoms with Crippen molar-refractivity contribution in [3.63, 3.8) is 0 Å². The number of nitrogens with one attached hydrogen (secondary N) is 1. The molecule has 22 heavy (non-hydrogen) atoms. The van der Waals surface area contributed by atoms with Gasteiger partial charge in [0.05, 0.1) is 5.02 Å². The Hall–Kier alpha value is -2.40. The van der Waals surface area contributed by atoms with Crippen LogP contribution in [-0.4, -0.2) is 17.3 Å². The molecule has 6 heteroatoms. The van der Waals surface area contributed by atoms with Crippen LogP contribution in [0.5, 0.6) is 0 Å². The molecule has 116 valence electrons. The number of allylic oxidation sites excluding steroid dienone is 2. The van der Waals surface area contributed by atoms with E-state index in [-0.39, 0.29) is 12.1 Å². The molecule has 0 aliphatic rings. The van der Waals surface area contributed by atoms with Crippen molar-refractivity contribution in [1.29, 1.82) is 0 Å². The summed E-state index contributed by atoms with van der Waals surface area (Å²) < 4.78 is 13.8. The largest absolute Gasteiger partial charge is 0.478 e. The Morgan fingerprint density at radius 2 is 2.27 bits per heavy atom. The Balaban J connectivity index is 2.91. The summed E-state index contributed by atoms with van der Waals surface area (Å²) in [6, 6.07) is 2.91. The number of hydrogen-bond donors (Lipinski definition) is 2. The lowest BCUT2D eigenvalue weighted by Gasteiger charge is -2.11. The minimum atomic E-state index is -1.12. The Morgan fingerprint density at radius 3 is 2.91 bits per heavy atom. The molecule has 0 fully saturated rings. The molecule has 0 aliphatic heterocycles. The number of rotatable bonds is 7. The molecule has 1 aromatic rings. The average Bonchev–Trinajstić information content (AvgIpc) is 2.46. The molecule has 0 amide bonds. The smallest absolute Gasteiger partial charge is 0.330 e. The van der Waals surface area contributed by atoms with E-state index in [1.54, 1.807) is 13.0 Å². The topological polar surface area (TPSA) is 61.7 Å². The molecule has 0 aromatic heterocycles. The maximum absolute atomic E-state index is 13.8. The van der Waals surface area contributed by atoms with E-state index in [0.29, 0.717) is 10.7 Å². The van der Waals surface area contributed by atoms with Crippen LogP contribution in [0.4, 0.5) is 4.39 Å². The van der Waals surface area contributed by atoms with Crippen LogP contribution >= 0.6 is 11.6 Å². The fourth-order valence-electron chi connectivity index (χ4n) is 1.62. The normalized spacial score (nSPS) is 12.0. The van der Waals surface area contributed by atoms with E-state index in [1.807, 2.05) is 0 Å². The van der Waals surface area contributed by atoms with Crippen LogP contribution in [0.15, 0.2) is 53.8 Å². The first-order valence-electron chi connectivity index (χ1n) is 6.38. The molecule has 2 N–H and O–H groups in total. The molecule has 0 saturated heterocycles. The van der Waals surface area contributed by atoms with Gasteiger partial charge in [-0.05, 0) is 30.7 Å². The molecule has 0 spiro atoms. The van der Waals surface area contributed by atoms with Crippen molar-refractivity contribution in [3.8, 4) is 0 Å². The summed E-state index contributed by atoms with van der Waals surface area (Å²) in [4.78, 5) is 14.5. The van der Waals surface area contributed by atoms with Gasteiger partial charge in [-0.25, -0.2) is 9.18 Å². The van der Waals surface area contributed by atoms with Crippen molar-refractivity contribution in [2.75, 3.05) is 0 Å². The van der Waals surface area contributed by atoms with Crippen LogP contribution < -0.4 is 5.32 Å². The highest BCUT2D eigenvalue weighted by atomic mass is 35.5. The molecule has 0 atom stereocenters. The molecule has 0 radical (unpaired) electrons. The van der Waals surface area contributed by atoms with E-state index in [2.05, 4.69) is 16.9 Å². The second-order valence-corrected chi connectivity index (χ2v) is 4.67. The Morgan fingerprint density at radius 1 is 1.55 bits per heavy atom. The van der Waals surface area contributed by atoms with Gasteiger partial charge in [0.25, 0.3) is 0 Å². The van der Waals surface area contributed by atoms with Crippen molar-refractivity contribution in [3.05, 3.63) is 70.8 Å². The lowest BCUT2D eigenvalue weighted by atomic mass is 10.1. The second-order valence-electron chi connectivity index (χ2n) is 4.29. The highest BCUT2D eigenvalue weighted by Gasteiger charge is 2.09. The minimum absolute atomic E-state index is 0.0639. The molecule has 1 rings (SSSR count). The van der Waals surface area contributed by atoms with Gasteiger partial charge < -0.3 is 10.4 Å². The summed E-state index contributed by atoms with van der Waals surface area (Å²) in [5.41, 5.74) is 1.32. The monoisotopic (exact) mass is 322 g/mol. The first-order chi connectivity index (χ1) is 10.5. The van der Waals surface area contributed by atoms with Gasteiger partial charge in [-0.1, -0.05) is 24.2 Å². The summed E-state index contributed by atoms with van der Waals surface area (Å²) in [5.74, 6) is -1.57. The number of aryl methyl sites for hydroxylation is 1. The molecular weight excluding hydrogens is 307 g/mol. The van der Waals surface area contributed by atoms with Crippen LogP contribution in [0.1, 0.15) is 11.1 Å². The Bertz CT molecular complexity index is 652. The fraction of sp³-hybridized carbons (Fsp3) is 0.125. The first-order valence-corrected chi connectivity index (χ1v) is 6.76. The number of aliphatic carboxylic acids is 1. The van der Waals surface area contributed by atoms with Crippen molar-refractivity contribution in [2.24, 2.45) is 4.99 Å². The zero-order valence-corrected chi connectivity index (χ0v) is 12.8. The van der Waals surface area contributed by atoms with Crippen LogP contribution in [0, 0.1) is 12.7 Å². The summed E-state index contributed by atoms with van der Waals surface area (Å²) >= 11 is 6.07. The van der Waals surface area contributed by atoms with Crippen LogP contribution in [-0.2, 0) is 11.3 Å². The van der Waals surface area contributed by atoms with Crippen molar-refractivity contribution in [1.82, 2.24) is 5.32 Å². The number of halogens is 2. The highest BCUT2D eigenvalue weighted by molar-refractivity contribution is 6.32. The summed E-state index contributed by atoms with van der Waals surface area (Å²) in [5, 5.41) is 12.0. The van der Waals surface area contributed by atoms with Gasteiger partial charge in [0.15, 0.2) is 0 Å². The molecule has 0 heterocycles. The second kappa shape index (κ2) is 8.79. The van der Waals surface area contributed by atoms with Crippen molar-refractivity contribution >= 4 is 23.8 Å². The maximum atomic E-state index is 13.8. The third-order valence-corrected chi connectivity index (χ3v) is 3.21.